The van der Waals surface area contributed by atoms with E-state index in [0.29, 0.717) is 0 Å². The monoisotopic (exact) mass is 540 g/mol. The second-order valence-electron chi connectivity index (χ2n) is 8.31. The molecule has 0 aliphatic carbocycles. The van der Waals surface area contributed by atoms with Crippen molar-refractivity contribution in [1.82, 2.24) is 24.6 Å². The molecule has 15 heteroatoms. The second kappa shape index (κ2) is 10.8. The summed E-state index contributed by atoms with van der Waals surface area (Å²) in [5.74, 6) is -0.525. The molecule has 3 aromatic rings. The number of ether oxygens (including phenoxy) is 2. The second-order valence-corrected chi connectivity index (χ2v) is 10.9. The summed E-state index contributed by atoms with van der Waals surface area (Å²) >= 11 is 6.21. The molecule has 3 heterocycles. The number of carbonyl (C=O) groups excluding carboxylic acids is 1. The fraction of sp³-hybridized carbons (Fsp3) is 0.429. The fourth-order valence-corrected chi connectivity index (χ4v) is 5.29. The van der Waals surface area contributed by atoms with Gasteiger partial charge in [-0.15, -0.1) is 0 Å². The molecule has 1 aromatic carbocycles. The molecule has 0 radical (unpaired) electrons. The van der Waals surface area contributed by atoms with E-state index in [-0.39, 0.29) is 35.5 Å². The van der Waals surface area contributed by atoms with E-state index in [2.05, 4.69) is 20.0 Å². The van der Waals surface area contributed by atoms with Crippen molar-refractivity contribution in [3.8, 4) is 0 Å². The zero-order valence-corrected chi connectivity index (χ0v) is 21.0. The third-order valence-corrected chi connectivity index (χ3v) is 7.31. The minimum Gasteiger partial charge on any atom is -0.460 e. The Morgan fingerprint density at radius 1 is 1.31 bits per heavy atom. The van der Waals surface area contributed by atoms with Crippen LogP contribution in [0.5, 0.6) is 0 Å². The molecule has 1 saturated heterocycles. The Morgan fingerprint density at radius 3 is 2.75 bits per heavy atom. The quantitative estimate of drug-likeness (QED) is 0.173. The highest BCUT2D eigenvalue weighted by molar-refractivity contribution is 7.56. The third kappa shape index (κ3) is 5.68. The first-order valence-corrected chi connectivity index (χ1v) is 13.4. The van der Waals surface area contributed by atoms with Crippen molar-refractivity contribution >= 4 is 42.1 Å². The van der Waals surface area contributed by atoms with E-state index in [4.69, 9.17) is 31.3 Å². The van der Waals surface area contributed by atoms with Crippen LogP contribution in [0.3, 0.4) is 0 Å². The van der Waals surface area contributed by atoms with Crippen LogP contribution in [0.25, 0.3) is 11.2 Å². The summed E-state index contributed by atoms with van der Waals surface area (Å²) in [5, 5.41) is 23.6. The normalized spacial score (nSPS) is 24.5. The summed E-state index contributed by atoms with van der Waals surface area (Å²) in [4.78, 5) is 24.3. The molecule has 1 aliphatic rings. The first-order valence-electron chi connectivity index (χ1n) is 10.9. The van der Waals surface area contributed by atoms with Gasteiger partial charge in [0.1, 0.15) is 37.3 Å². The van der Waals surface area contributed by atoms with Crippen molar-refractivity contribution in [2.24, 2.45) is 0 Å². The van der Waals surface area contributed by atoms with E-state index in [1.807, 2.05) is 30.3 Å². The van der Waals surface area contributed by atoms with Gasteiger partial charge in [-0.1, -0.05) is 30.3 Å². The van der Waals surface area contributed by atoms with Crippen LogP contribution in [0.2, 0.25) is 5.28 Å². The highest BCUT2D eigenvalue weighted by Gasteiger charge is 2.46. The van der Waals surface area contributed by atoms with Crippen LogP contribution in [0.15, 0.2) is 36.7 Å². The Kier molecular flexibility index (Phi) is 7.90. The molecule has 4 rings (SSSR count). The first kappa shape index (κ1) is 26.4. The number of fused-ring (bicyclic) bond motifs is 1. The van der Waals surface area contributed by atoms with Gasteiger partial charge in [-0.05, 0) is 24.1 Å². The molecule has 0 saturated carbocycles. The minimum atomic E-state index is -3.54. The summed E-state index contributed by atoms with van der Waals surface area (Å²) in [7, 11) is -3.54. The summed E-state index contributed by atoms with van der Waals surface area (Å²) in [6.45, 7) is 2.49. The number of aliphatic hydroxyl groups is 2. The lowest BCUT2D eigenvalue weighted by atomic mass is 10.1. The molecule has 0 bridgehead atoms. The van der Waals surface area contributed by atoms with E-state index in [9.17, 15) is 19.6 Å². The molecule has 0 spiro atoms. The van der Waals surface area contributed by atoms with Crippen LogP contribution in [-0.4, -0.2) is 73.3 Å². The van der Waals surface area contributed by atoms with E-state index in [1.54, 1.807) is 0 Å². The van der Waals surface area contributed by atoms with Crippen LogP contribution < -0.4 is 10.8 Å². The molecular weight excluding hydrogens is 515 g/mol. The zero-order valence-electron chi connectivity index (χ0n) is 19.4. The Hall–Kier alpha value is -2.64. The number of esters is 1. The molecule has 1 aliphatic heterocycles. The summed E-state index contributed by atoms with van der Waals surface area (Å²) < 4.78 is 30.7. The van der Waals surface area contributed by atoms with Crippen LogP contribution in [0.1, 0.15) is 18.7 Å². The molecule has 13 nitrogen and oxygen atoms in total. The summed E-state index contributed by atoms with van der Waals surface area (Å²) in [6, 6.07) is 8.20. The molecule has 6 atom stereocenters. The van der Waals surface area contributed by atoms with Gasteiger partial charge in [-0.2, -0.15) is 0 Å². The molecule has 0 amide bonds. The number of imidazole rings is 1. The van der Waals surface area contributed by atoms with Crippen LogP contribution in [0.4, 0.5) is 5.82 Å². The van der Waals surface area contributed by atoms with Crippen LogP contribution in [0, 0.1) is 0 Å². The van der Waals surface area contributed by atoms with Crippen LogP contribution in [-0.2, 0) is 30.0 Å². The number of anilines is 1. The Balaban J connectivity index is 1.35. The largest absolute Gasteiger partial charge is 0.460 e. The predicted octanol–water partition coefficient (Wildman–Crippen LogP) is 1.24. The smallest absolute Gasteiger partial charge is 0.323 e. The maximum Gasteiger partial charge on any atom is 0.323 e. The van der Waals surface area contributed by atoms with Crippen molar-refractivity contribution in [3.05, 3.63) is 47.5 Å². The highest BCUT2D eigenvalue weighted by Crippen LogP contribution is 2.41. The van der Waals surface area contributed by atoms with Gasteiger partial charge in [0, 0.05) is 6.66 Å². The maximum atomic E-state index is 12.9. The lowest BCUT2D eigenvalue weighted by molar-refractivity contribution is -0.146. The number of halogens is 1. The number of benzene rings is 1. The van der Waals surface area contributed by atoms with Gasteiger partial charge < -0.3 is 29.9 Å². The molecule has 1 unspecified atom stereocenters. The van der Waals surface area contributed by atoms with Crippen molar-refractivity contribution in [2.45, 2.75) is 44.1 Å². The molecule has 2 aromatic heterocycles. The van der Waals surface area contributed by atoms with E-state index in [0.717, 1.165) is 5.56 Å². The fourth-order valence-electron chi connectivity index (χ4n) is 3.72. The number of hydrogen-bond acceptors (Lipinski definition) is 11. The molecule has 5 N–H and O–H groups in total. The van der Waals surface area contributed by atoms with Gasteiger partial charge in [0.25, 0.3) is 7.52 Å². The van der Waals surface area contributed by atoms with E-state index >= 15 is 0 Å². The van der Waals surface area contributed by atoms with E-state index in [1.165, 1.54) is 24.5 Å². The number of rotatable bonds is 9. The number of nitrogen functional groups attached to an aromatic ring is 1. The third-order valence-electron chi connectivity index (χ3n) is 5.54. The number of aromatic nitrogens is 4. The van der Waals surface area contributed by atoms with Crippen molar-refractivity contribution < 1.29 is 33.6 Å². The van der Waals surface area contributed by atoms with Crippen LogP contribution >= 0.6 is 19.1 Å². The van der Waals surface area contributed by atoms with Gasteiger partial charge in [-0.3, -0.25) is 13.9 Å². The summed E-state index contributed by atoms with van der Waals surface area (Å²) in [5.41, 5.74) is 7.03. The number of nitrogens with one attached hydrogen (secondary N) is 1. The minimum absolute atomic E-state index is 0.0734. The number of nitrogens with two attached hydrogens (primary N) is 1. The van der Waals surface area contributed by atoms with Gasteiger partial charge in [0.05, 0.1) is 6.61 Å². The average Bonchev–Trinajstić information content (AvgIpc) is 3.32. The van der Waals surface area contributed by atoms with Gasteiger partial charge >= 0.3 is 5.97 Å². The first-order chi connectivity index (χ1) is 17.1. The van der Waals surface area contributed by atoms with Gasteiger partial charge in [0.2, 0.25) is 5.28 Å². The number of carbonyl (C=O) groups is 1. The Morgan fingerprint density at radius 2 is 2.03 bits per heavy atom. The van der Waals surface area contributed by atoms with E-state index < -0.39 is 44.1 Å². The van der Waals surface area contributed by atoms with Gasteiger partial charge in [0.15, 0.2) is 23.2 Å². The lowest BCUT2D eigenvalue weighted by Crippen LogP contribution is -2.36. The Bertz CT molecular complexity index is 1280. The van der Waals surface area contributed by atoms with Crippen molar-refractivity contribution in [2.75, 3.05) is 19.0 Å². The molecule has 1 fully saturated rings. The summed E-state index contributed by atoms with van der Waals surface area (Å²) in [6.07, 6.45) is -3.88. The number of nitrogens with zero attached hydrogens (tertiary/aromatic N) is 4. The number of aliphatic hydroxyl groups excluding tert-OH is 2. The molecular formula is C21H26ClN6O7P. The van der Waals surface area contributed by atoms with Gasteiger partial charge in [-0.25, -0.2) is 20.0 Å². The Labute approximate surface area is 211 Å². The predicted molar refractivity (Wildman–Crippen MR) is 129 cm³/mol. The molecule has 36 heavy (non-hydrogen) atoms. The maximum absolute atomic E-state index is 12.9. The lowest BCUT2D eigenvalue weighted by Gasteiger charge is -2.22. The average molecular weight is 541 g/mol. The van der Waals surface area contributed by atoms with Crippen molar-refractivity contribution in [1.29, 1.82) is 0 Å². The van der Waals surface area contributed by atoms with Crippen molar-refractivity contribution in [3.63, 3.8) is 0 Å². The molecule has 194 valence electrons. The highest BCUT2D eigenvalue weighted by atomic mass is 35.5. The zero-order chi connectivity index (χ0) is 26.0. The number of hydrogen-bond donors (Lipinski definition) is 4. The topological polar surface area (TPSA) is 184 Å². The SMILES string of the molecule is C[C@H](N[P@@](C)(=O)OC[C@H]1O[C@@H](n2c(Cl)nc3c(N)ncnc32)C(O)[C@H]1O)C(=O)OCc1ccccc1. The standard InChI is InChI=1S/C21H26ClN6O7P/c1-11(20(31)33-8-12-6-4-3-5-7-12)27-36(2,32)34-9-13-15(29)16(30)19(35-13)28-18-14(26-21(28)22)17(23)24-10-25-18/h3-7,10-11,13,15-16,19,29-30H,8-9H2,1-2H3,(H,27,32)(H2,23,24,25)/t11-,13+,15-,16?,19+,36-/m0/s1.